The molecule has 1 heterocycles. The molecule has 146 valence electrons. The van der Waals surface area contributed by atoms with Crippen LogP contribution in [0.15, 0.2) is 48.5 Å². The van der Waals surface area contributed by atoms with Gasteiger partial charge >= 0.3 is 0 Å². The molecule has 7 heteroatoms. The van der Waals surface area contributed by atoms with Crippen LogP contribution in [0.3, 0.4) is 0 Å². The minimum Gasteiger partial charge on any atom is -0.497 e. The molecule has 1 aliphatic rings. The molecule has 7 nitrogen and oxygen atoms in total. The maximum absolute atomic E-state index is 12.7. The van der Waals surface area contributed by atoms with Gasteiger partial charge in [0.1, 0.15) is 11.8 Å². The normalized spacial score (nSPS) is 16.5. The third kappa shape index (κ3) is 4.68. The summed E-state index contributed by atoms with van der Waals surface area (Å²) in [6, 6.07) is 13.9. The van der Waals surface area contributed by atoms with E-state index in [9.17, 15) is 14.4 Å². The molecule has 1 atom stereocenters. The van der Waals surface area contributed by atoms with E-state index in [1.807, 2.05) is 43.3 Å². The Hall–Kier alpha value is -3.35. The molecular formula is C21H23N3O4. The summed E-state index contributed by atoms with van der Waals surface area (Å²) in [5, 5.41) is 5.41. The minimum absolute atomic E-state index is 0.0131. The fraction of sp³-hybridized carbons (Fsp3) is 0.286. The Bertz CT molecular complexity index is 882. The first-order valence-electron chi connectivity index (χ1n) is 9.03. The van der Waals surface area contributed by atoms with Gasteiger partial charge in [0.2, 0.25) is 17.7 Å². The van der Waals surface area contributed by atoms with Gasteiger partial charge in [-0.15, -0.1) is 0 Å². The first-order valence-corrected chi connectivity index (χ1v) is 9.03. The number of carbonyl (C=O) groups is 3. The van der Waals surface area contributed by atoms with E-state index in [0.29, 0.717) is 18.0 Å². The fourth-order valence-corrected chi connectivity index (χ4v) is 3.10. The Labute approximate surface area is 163 Å². The molecule has 0 aliphatic carbocycles. The van der Waals surface area contributed by atoms with Crippen molar-refractivity contribution in [2.24, 2.45) is 0 Å². The SMILES string of the molecule is COc1ccc(C)c(NC(=O)CC2NC(=O)CN(Cc3ccccc3)C2=O)c1. The summed E-state index contributed by atoms with van der Waals surface area (Å²) in [5.41, 5.74) is 2.42. The van der Waals surface area contributed by atoms with Crippen LogP contribution in [-0.4, -0.2) is 42.3 Å². The van der Waals surface area contributed by atoms with Crippen LogP contribution in [0.1, 0.15) is 17.5 Å². The van der Waals surface area contributed by atoms with Gasteiger partial charge in [-0.25, -0.2) is 0 Å². The van der Waals surface area contributed by atoms with Crippen LogP contribution in [0, 0.1) is 6.92 Å². The molecular weight excluding hydrogens is 358 g/mol. The number of nitrogens with zero attached hydrogens (tertiary/aromatic N) is 1. The van der Waals surface area contributed by atoms with Crippen molar-refractivity contribution in [2.75, 3.05) is 19.0 Å². The number of rotatable bonds is 6. The van der Waals surface area contributed by atoms with E-state index < -0.39 is 6.04 Å². The van der Waals surface area contributed by atoms with Crippen LogP contribution < -0.4 is 15.4 Å². The molecule has 0 saturated carbocycles. The summed E-state index contributed by atoms with van der Waals surface area (Å²) >= 11 is 0. The number of anilines is 1. The number of aryl methyl sites for hydroxylation is 1. The van der Waals surface area contributed by atoms with Crippen molar-refractivity contribution in [1.29, 1.82) is 0 Å². The summed E-state index contributed by atoms with van der Waals surface area (Å²) in [6.45, 7) is 2.19. The molecule has 3 amide bonds. The zero-order chi connectivity index (χ0) is 20.1. The lowest BCUT2D eigenvalue weighted by atomic mass is 10.1. The Morgan fingerprint density at radius 3 is 2.68 bits per heavy atom. The van der Waals surface area contributed by atoms with Crippen LogP contribution in [-0.2, 0) is 20.9 Å². The summed E-state index contributed by atoms with van der Waals surface area (Å²) in [6.07, 6.45) is -0.132. The first kappa shape index (κ1) is 19.4. The zero-order valence-corrected chi connectivity index (χ0v) is 15.9. The second kappa shape index (κ2) is 8.56. The summed E-state index contributed by atoms with van der Waals surface area (Å²) in [7, 11) is 1.55. The predicted molar refractivity (Wildman–Crippen MR) is 105 cm³/mol. The number of carbonyl (C=O) groups excluding carboxylic acids is 3. The van der Waals surface area contributed by atoms with Crippen molar-refractivity contribution in [3.05, 3.63) is 59.7 Å². The average molecular weight is 381 g/mol. The molecule has 28 heavy (non-hydrogen) atoms. The molecule has 2 N–H and O–H groups in total. The Morgan fingerprint density at radius 2 is 1.96 bits per heavy atom. The van der Waals surface area contributed by atoms with Gasteiger partial charge in [0.05, 0.1) is 20.1 Å². The van der Waals surface area contributed by atoms with Crippen molar-refractivity contribution in [2.45, 2.75) is 25.9 Å². The molecule has 0 aromatic heterocycles. The van der Waals surface area contributed by atoms with Gasteiger partial charge in [0.15, 0.2) is 0 Å². The lowest BCUT2D eigenvalue weighted by Gasteiger charge is -2.32. The smallest absolute Gasteiger partial charge is 0.246 e. The van der Waals surface area contributed by atoms with E-state index >= 15 is 0 Å². The zero-order valence-electron chi connectivity index (χ0n) is 15.9. The molecule has 0 spiro atoms. The van der Waals surface area contributed by atoms with Gasteiger partial charge < -0.3 is 20.3 Å². The number of nitrogens with one attached hydrogen (secondary N) is 2. The molecule has 1 fully saturated rings. The van der Waals surface area contributed by atoms with E-state index in [0.717, 1.165) is 11.1 Å². The highest BCUT2D eigenvalue weighted by molar-refractivity contribution is 6.00. The van der Waals surface area contributed by atoms with Gasteiger partial charge in [-0.2, -0.15) is 0 Å². The minimum atomic E-state index is -0.879. The highest BCUT2D eigenvalue weighted by Gasteiger charge is 2.34. The van der Waals surface area contributed by atoms with E-state index in [-0.39, 0.29) is 30.7 Å². The van der Waals surface area contributed by atoms with Gasteiger partial charge in [-0.1, -0.05) is 36.4 Å². The standard InChI is InChI=1S/C21H23N3O4/c1-14-8-9-16(28-2)10-17(14)22-19(25)11-18-21(27)24(13-20(26)23-18)12-15-6-4-3-5-7-15/h3-10,18H,11-13H2,1-2H3,(H,22,25)(H,23,26). The van der Waals surface area contributed by atoms with Crippen molar-refractivity contribution in [3.8, 4) is 5.75 Å². The Kier molecular flexibility index (Phi) is 5.93. The number of benzene rings is 2. The highest BCUT2D eigenvalue weighted by Crippen LogP contribution is 2.22. The molecule has 0 bridgehead atoms. The third-order valence-corrected chi connectivity index (χ3v) is 4.60. The van der Waals surface area contributed by atoms with Gasteiger partial charge in [-0.3, -0.25) is 14.4 Å². The second-order valence-corrected chi connectivity index (χ2v) is 6.73. The number of methoxy groups -OCH3 is 1. The molecule has 1 aliphatic heterocycles. The monoisotopic (exact) mass is 381 g/mol. The molecule has 1 unspecified atom stereocenters. The van der Waals surface area contributed by atoms with Crippen molar-refractivity contribution in [3.63, 3.8) is 0 Å². The number of ether oxygens (including phenoxy) is 1. The molecule has 2 aromatic carbocycles. The third-order valence-electron chi connectivity index (χ3n) is 4.60. The number of piperazine rings is 1. The topological polar surface area (TPSA) is 87.7 Å². The first-order chi connectivity index (χ1) is 13.5. The van der Waals surface area contributed by atoms with Crippen LogP contribution in [0.4, 0.5) is 5.69 Å². The summed E-state index contributed by atoms with van der Waals surface area (Å²) in [5.74, 6) is -0.264. The quantitative estimate of drug-likeness (QED) is 0.800. The molecule has 2 aromatic rings. The van der Waals surface area contributed by atoms with Crippen LogP contribution in [0.25, 0.3) is 0 Å². The summed E-state index contributed by atoms with van der Waals surface area (Å²) in [4.78, 5) is 38.7. The molecule has 0 radical (unpaired) electrons. The Morgan fingerprint density at radius 1 is 1.21 bits per heavy atom. The van der Waals surface area contributed by atoms with E-state index in [2.05, 4.69) is 10.6 Å². The highest BCUT2D eigenvalue weighted by atomic mass is 16.5. The van der Waals surface area contributed by atoms with Crippen LogP contribution in [0.2, 0.25) is 0 Å². The van der Waals surface area contributed by atoms with Crippen LogP contribution in [0.5, 0.6) is 5.75 Å². The largest absolute Gasteiger partial charge is 0.497 e. The van der Waals surface area contributed by atoms with Gasteiger partial charge in [0, 0.05) is 18.3 Å². The lowest BCUT2D eigenvalue weighted by molar-refractivity contribution is -0.145. The van der Waals surface area contributed by atoms with Crippen molar-refractivity contribution >= 4 is 23.4 Å². The lowest BCUT2D eigenvalue weighted by Crippen LogP contribution is -2.58. The van der Waals surface area contributed by atoms with Crippen molar-refractivity contribution < 1.29 is 19.1 Å². The summed E-state index contributed by atoms with van der Waals surface area (Å²) < 4.78 is 5.17. The number of hydrogen-bond donors (Lipinski definition) is 2. The average Bonchev–Trinajstić information content (AvgIpc) is 2.68. The van der Waals surface area contributed by atoms with Gasteiger partial charge in [0.25, 0.3) is 0 Å². The molecule has 3 rings (SSSR count). The molecule has 1 saturated heterocycles. The predicted octanol–water partition coefficient (Wildman–Crippen LogP) is 1.86. The van der Waals surface area contributed by atoms with E-state index in [1.165, 1.54) is 4.90 Å². The fourth-order valence-electron chi connectivity index (χ4n) is 3.10. The van der Waals surface area contributed by atoms with Gasteiger partial charge in [-0.05, 0) is 24.1 Å². The Balaban J connectivity index is 1.66. The van der Waals surface area contributed by atoms with Crippen LogP contribution >= 0.6 is 0 Å². The second-order valence-electron chi connectivity index (χ2n) is 6.73. The maximum atomic E-state index is 12.7. The number of hydrogen-bond acceptors (Lipinski definition) is 4. The van der Waals surface area contributed by atoms with E-state index in [1.54, 1.807) is 19.2 Å². The maximum Gasteiger partial charge on any atom is 0.246 e. The van der Waals surface area contributed by atoms with Crippen molar-refractivity contribution in [1.82, 2.24) is 10.2 Å². The number of amides is 3. The van der Waals surface area contributed by atoms with E-state index in [4.69, 9.17) is 4.74 Å².